The van der Waals surface area contributed by atoms with Crippen molar-refractivity contribution in [2.45, 2.75) is 52.5 Å². The van der Waals surface area contributed by atoms with Crippen molar-refractivity contribution in [2.75, 3.05) is 13.7 Å². The van der Waals surface area contributed by atoms with Gasteiger partial charge in [-0.2, -0.15) is 0 Å². The molecule has 2 nitrogen and oxygen atoms in total. The van der Waals surface area contributed by atoms with E-state index in [1.54, 1.807) is 7.11 Å². The number of hydrogen-bond acceptors (Lipinski definition) is 2. The Morgan fingerprint density at radius 3 is 2.80 bits per heavy atom. The Morgan fingerprint density at radius 1 is 1.47 bits per heavy atom. The molecule has 0 aromatic heterocycles. The van der Waals surface area contributed by atoms with E-state index in [1.165, 1.54) is 31.4 Å². The van der Waals surface area contributed by atoms with E-state index < -0.39 is 0 Å². The van der Waals surface area contributed by atoms with Gasteiger partial charge in [-0.25, -0.2) is 0 Å². The maximum Gasteiger partial charge on any atom is 0.0704 e. The lowest BCUT2D eigenvalue weighted by Crippen LogP contribution is -2.28. The van der Waals surface area contributed by atoms with Gasteiger partial charge in [0.2, 0.25) is 0 Å². The molecule has 0 saturated heterocycles. The quantitative estimate of drug-likeness (QED) is 0.699. The third-order valence-electron chi connectivity index (χ3n) is 3.38. The van der Waals surface area contributed by atoms with E-state index in [0.717, 1.165) is 12.5 Å². The second-order valence-corrected chi connectivity index (χ2v) is 4.80. The van der Waals surface area contributed by atoms with E-state index in [1.807, 2.05) is 0 Å². The standard InChI is InChI=1S/C13H25NO/c1-5-12-8-6-7-10(2)13(12)14-11(3)9-15-4/h10-12H,5-9H2,1-4H3/b14-13-. The molecule has 88 valence electrons. The molecule has 3 atom stereocenters. The van der Waals surface area contributed by atoms with Crippen LogP contribution in [0.15, 0.2) is 4.99 Å². The Bertz CT molecular complexity index is 213. The van der Waals surface area contributed by atoms with Crippen LogP contribution in [0, 0.1) is 11.8 Å². The van der Waals surface area contributed by atoms with Gasteiger partial charge < -0.3 is 4.74 Å². The highest BCUT2D eigenvalue weighted by Gasteiger charge is 2.25. The molecule has 1 aliphatic carbocycles. The van der Waals surface area contributed by atoms with Gasteiger partial charge in [0.05, 0.1) is 12.6 Å². The number of methoxy groups -OCH3 is 1. The Morgan fingerprint density at radius 2 is 2.20 bits per heavy atom. The van der Waals surface area contributed by atoms with Crippen molar-refractivity contribution >= 4 is 5.71 Å². The molecule has 0 aromatic carbocycles. The minimum absolute atomic E-state index is 0.319. The molecule has 2 heteroatoms. The summed E-state index contributed by atoms with van der Waals surface area (Å²) in [7, 11) is 1.75. The molecule has 1 rings (SSSR count). The summed E-state index contributed by atoms with van der Waals surface area (Å²) in [5, 5.41) is 0. The van der Waals surface area contributed by atoms with Crippen molar-refractivity contribution in [1.82, 2.24) is 0 Å². The molecular weight excluding hydrogens is 186 g/mol. The molecule has 1 saturated carbocycles. The number of hydrogen-bond donors (Lipinski definition) is 0. The van der Waals surface area contributed by atoms with E-state index >= 15 is 0 Å². The van der Waals surface area contributed by atoms with Crippen molar-refractivity contribution < 1.29 is 4.74 Å². The van der Waals surface area contributed by atoms with Crippen LogP contribution in [0.4, 0.5) is 0 Å². The zero-order valence-corrected chi connectivity index (χ0v) is 10.6. The largest absolute Gasteiger partial charge is 0.382 e. The fourth-order valence-electron chi connectivity index (χ4n) is 2.55. The van der Waals surface area contributed by atoms with Crippen LogP contribution in [0.3, 0.4) is 0 Å². The van der Waals surface area contributed by atoms with Crippen LogP contribution >= 0.6 is 0 Å². The molecule has 3 unspecified atom stereocenters. The van der Waals surface area contributed by atoms with Crippen LogP contribution in [0.2, 0.25) is 0 Å². The Labute approximate surface area is 94.1 Å². The molecule has 0 bridgehead atoms. The minimum atomic E-state index is 0.319. The first kappa shape index (κ1) is 12.7. The Kier molecular flexibility index (Phi) is 5.30. The predicted molar refractivity (Wildman–Crippen MR) is 65.6 cm³/mol. The van der Waals surface area contributed by atoms with Gasteiger partial charge in [-0.05, 0) is 38.0 Å². The first-order valence-corrected chi connectivity index (χ1v) is 6.25. The molecular formula is C13H25NO. The van der Waals surface area contributed by atoms with Gasteiger partial charge in [-0.1, -0.05) is 20.3 Å². The summed E-state index contributed by atoms with van der Waals surface area (Å²) in [5.74, 6) is 1.41. The van der Waals surface area contributed by atoms with Crippen molar-refractivity contribution in [2.24, 2.45) is 16.8 Å². The predicted octanol–water partition coefficient (Wildman–Crippen LogP) is 3.31. The van der Waals surface area contributed by atoms with Crippen LogP contribution in [-0.4, -0.2) is 25.5 Å². The minimum Gasteiger partial charge on any atom is -0.382 e. The summed E-state index contributed by atoms with van der Waals surface area (Å²) in [6.07, 6.45) is 5.26. The first-order valence-electron chi connectivity index (χ1n) is 6.25. The average molecular weight is 211 g/mol. The number of nitrogens with zero attached hydrogens (tertiary/aromatic N) is 1. The molecule has 0 aromatic rings. The monoisotopic (exact) mass is 211 g/mol. The van der Waals surface area contributed by atoms with Gasteiger partial charge in [-0.3, -0.25) is 4.99 Å². The zero-order chi connectivity index (χ0) is 11.3. The number of rotatable bonds is 4. The van der Waals surface area contributed by atoms with Crippen molar-refractivity contribution in [3.05, 3.63) is 0 Å². The van der Waals surface area contributed by atoms with Gasteiger partial charge in [0, 0.05) is 12.8 Å². The average Bonchev–Trinajstić information content (AvgIpc) is 2.21. The zero-order valence-electron chi connectivity index (χ0n) is 10.6. The van der Waals surface area contributed by atoms with Crippen LogP contribution in [-0.2, 0) is 4.74 Å². The molecule has 1 aliphatic rings. The SMILES string of the molecule is CCC1CCCC(C)/C1=N/C(C)COC. The maximum atomic E-state index is 5.14. The van der Waals surface area contributed by atoms with E-state index in [2.05, 4.69) is 20.8 Å². The highest BCUT2D eigenvalue weighted by atomic mass is 16.5. The van der Waals surface area contributed by atoms with Gasteiger partial charge in [0.1, 0.15) is 0 Å². The molecule has 0 spiro atoms. The highest BCUT2D eigenvalue weighted by Crippen LogP contribution is 2.29. The molecule has 0 amide bonds. The lowest BCUT2D eigenvalue weighted by Gasteiger charge is -2.29. The number of aliphatic imine (C=N–C) groups is 1. The van der Waals surface area contributed by atoms with Crippen molar-refractivity contribution in [3.8, 4) is 0 Å². The third kappa shape index (κ3) is 3.60. The van der Waals surface area contributed by atoms with Gasteiger partial charge >= 0.3 is 0 Å². The fraction of sp³-hybridized carbons (Fsp3) is 0.923. The lowest BCUT2D eigenvalue weighted by atomic mass is 9.79. The second kappa shape index (κ2) is 6.26. The topological polar surface area (TPSA) is 21.6 Å². The van der Waals surface area contributed by atoms with Crippen LogP contribution in [0.25, 0.3) is 0 Å². The second-order valence-electron chi connectivity index (χ2n) is 4.80. The van der Waals surface area contributed by atoms with E-state index in [9.17, 15) is 0 Å². The van der Waals surface area contributed by atoms with Gasteiger partial charge in [0.15, 0.2) is 0 Å². The smallest absolute Gasteiger partial charge is 0.0704 e. The molecule has 0 aliphatic heterocycles. The first-order chi connectivity index (χ1) is 7.19. The van der Waals surface area contributed by atoms with E-state index in [-0.39, 0.29) is 0 Å². The van der Waals surface area contributed by atoms with Gasteiger partial charge in [-0.15, -0.1) is 0 Å². The molecule has 0 radical (unpaired) electrons. The van der Waals surface area contributed by atoms with Crippen LogP contribution in [0.5, 0.6) is 0 Å². The summed E-state index contributed by atoms with van der Waals surface area (Å²) in [4.78, 5) is 4.85. The molecule has 0 heterocycles. The van der Waals surface area contributed by atoms with Crippen molar-refractivity contribution in [3.63, 3.8) is 0 Å². The third-order valence-corrected chi connectivity index (χ3v) is 3.38. The summed E-state index contributed by atoms with van der Waals surface area (Å²) in [5.41, 5.74) is 1.45. The summed E-state index contributed by atoms with van der Waals surface area (Å²) in [6.45, 7) is 7.48. The maximum absolute atomic E-state index is 5.14. The van der Waals surface area contributed by atoms with E-state index in [4.69, 9.17) is 9.73 Å². The summed E-state index contributed by atoms with van der Waals surface area (Å²) >= 11 is 0. The Balaban J connectivity index is 2.67. The van der Waals surface area contributed by atoms with Gasteiger partial charge in [0.25, 0.3) is 0 Å². The van der Waals surface area contributed by atoms with Crippen LogP contribution < -0.4 is 0 Å². The van der Waals surface area contributed by atoms with Crippen LogP contribution in [0.1, 0.15) is 46.5 Å². The molecule has 15 heavy (non-hydrogen) atoms. The number of ether oxygens (including phenoxy) is 1. The van der Waals surface area contributed by atoms with E-state index in [0.29, 0.717) is 12.0 Å². The highest BCUT2D eigenvalue weighted by molar-refractivity contribution is 5.89. The normalized spacial score (nSPS) is 31.9. The Hall–Kier alpha value is -0.370. The molecule has 0 N–H and O–H groups in total. The molecule has 1 fully saturated rings. The van der Waals surface area contributed by atoms with Crippen molar-refractivity contribution in [1.29, 1.82) is 0 Å². The summed E-state index contributed by atoms with van der Waals surface area (Å²) < 4.78 is 5.14. The summed E-state index contributed by atoms with van der Waals surface area (Å²) in [6, 6.07) is 0.319. The fourth-order valence-corrected chi connectivity index (χ4v) is 2.55. The lowest BCUT2D eigenvalue weighted by molar-refractivity contribution is 0.185.